The normalized spacial score (nSPS) is 17.8. The maximum absolute atomic E-state index is 5.17. The SMILES string of the molecule is COc1ccc2c(c1)NCC2(C)C. The first kappa shape index (κ1) is 8.42. The van der Waals surface area contributed by atoms with Gasteiger partial charge in [0.15, 0.2) is 0 Å². The van der Waals surface area contributed by atoms with Crippen molar-refractivity contribution in [3.05, 3.63) is 23.8 Å². The Kier molecular flexibility index (Phi) is 1.72. The van der Waals surface area contributed by atoms with E-state index in [0.717, 1.165) is 12.3 Å². The first-order chi connectivity index (χ1) is 6.13. The number of nitrogens with one attached hydrogen (secondary N) is 1. The average molecular weight is 177 g/mol. The summed E-state index contributed by atoms with van der Waals surface area (Å²) >= 11 is 0. The minimum Gasteiger partial charge on any atom is -0.497 e. The molecule has 0 radical (unpaired) electrons. The zero-order chi connectivity index (χ0) is 9.47. The second-order valence-electron chi connectivity index (χ2n) is 4.15. The summed E-state index contributed by atoms with van der Waals surface area (Å²) in [7, 11) is 1.70. The minimum atomic E-state index is 0.252. The molecule has 1 aliphatic rings. The average Bonchev–Trinajstić information content (AvgIpc) is 2.42. The summed E-state index contributed by atoms with van der Waals surface area (Å²) in [6.45, 7) is 5.51. The molecule has 13 heavy (non-hydrogen) atoms. The monoisotopic (exact) mass is 177 g/mol. The Morgan fingerprint density at radius 1 is 1.38 bits per heavy atom. The number of rotatable bonds is 1. The first-order valence-corrected chi connectivity index (χ1v) is 4.56. The van der Waals surface area contributed by atoms with Gasteiger partial charge >= 0.3 is 0 Å². The van der Waals surface area contributed by atoms with Crippen LogP contribution in [0.3, 0.4) is 0 Å². The van der Waals surface area contributed by atoms with E-state index in [0.29, 0.717) is 0 Å². The number of hydrogen-bond acceptors (Lipinski definition) is 2. The van der Waals surface area contributed by atoms with Crippen LogP contribution in [0.15, 0.2) is 18.2 Å². The van der Waals surface area contributed by atoms with Gasteiger partial charge in [-0.3, -0.25) is 0 Å². The molecule has 70 valence electrons. The Balaban J connectivity index is 2.46. The summed E-state index contributed by atoms with van der Waals surface area (Å²) in [4.78, 5) is 0. The molecule has 0 bridgehead atoms. The lowest BCUT2D eigenvalue weighted by Gasteiger charge is -2.16. The van der Waals surface area contributed by atoms with Gasteiger partial charge in [-0.15, -0.1) is 0 Å². The minimum absolute atomic E-state index is 0.252. The van der Waals surface area contributed by atoms with Crippen molar-refractivity contribution < 1.29 is 4.74 Å². The molecule has 1 heterocycles. The van der Waals surface area contributed by atoms with Crippen molar-refractivity contribution in [1.29, 1.82) is 0 Å². The van der Waals surface area contributed by atoms with E-state index in [1.165, 1.54) is 11.3 Å². The standard InChI is InChI=1S/C11H15NO/c1-11(2)7-12-10-6-8(13-3)4-5-9(10)11/h4-6,12H,7H2,1-3H3. The van der Waals surface area contributed by atoms with Gasteiger partial charge in [0, 0.05) is 23.7 Å². The van der Waals surface area contributed by atoms with E-state index >= 15 is 0 Å². The second kappa shape index (κ2) is 2.66. The van der Waals surface area contributed by atoms with E-state index in [4.69, 9.17) is 4.74 Å². The van der Waals surface area contributed by atoms with Crippen molar-refractivity contribution in [2.45, 2.75) is 19.3 Å². The van der Waals surface area contributed by atoms with Crippen LogP contribution in [0.5, 0.6) is 5.75 Å². The van der Waals surface area contributed by atoms with E-state index in [9.17, 15) is 0 Å². The van der Waals surface area contributed by atoms with Crippen molar-refractivity contribution in [1.82, 2.24) is 0 Å². The van der Waals surface area contributed by atoms with Gasteiger partial charge in [0.1, 0.15) is 5.75 Å². The number of fused-ring (bicyclic) bond motifs is 1. The Hall–Kier alpha value is -1.18. The van der Waals surface area contributed by atoms with E-state index in [1.54, 1.807) is 7.11 Å². The number of benzene rings is 1. The van der Waals surface area contributed by atoms with Crippen LogP contribution in [0.1, 0.15) is 19.4 Å². The molecule has 1 aromatic rings. The van der Waals surface area contributed by atoms with Gasteiger partial charge in [0.05, 0.1) is 7.11 Å². The highest BCUT2D eigenvalue weighted by Crippen LogP contribution is 2.37. The molecule has 0 amide bonds. The predicted molar refractivity (Wildman–Crippen MR) is 54.5 cm³/mol. The van der Waals surface area contributed by atoms with Crippen molar-refractivity contribution in [2.24, 2.45) is 0 Å². The molecule has 0 aliphatic carbocycles. The van der Waals surface area contributed by atoms with Gasteiger partial charge in [-0.1, -0.05) is 19.9 Å². The third-order valence-electron chi connectivity index (χ3n) is 2.68. The molecule has 0 saturated heterocycles. The quantitative estimate of drug-likeness (QED) is 0.711. The lowest BCUT2D eigenvalue weighted by atomic mass is 9.87. The largest absolute Gasteiger partial charge is 0.497 e. The van der Waals surface area contributed by atoms with E-state index < -0.39 is 0 Å². The van der Waals surface area contributed by atoms with Gasteiger partial charge in [0.2, 0.25) is 0 Å². The Labute approximate surface area is 78.9 Å². The summed E-state index contributed by atoms with van der Waals surface area (Å²) < 4.78 is 5.17. The summed E-state index contributed by atoms with van der Waals surface area (Å²) in [5, 5.41) is 3.39. The highest BCUT2D eigenvalue weighted by atomic mass is 16.5. The van der Waals surface area contributed by atoms with Crippen LogP contribution in [0.4, 0.5) is 5.69 Å². The van der Waals surface area contributed by atoms with Crippen LogP contribution in [0.2, 0.25) is 0 Å². The van der Waals surface area contributed by atoms with Gasteiger partial charge in [-0.05, 0) is 11.6 Å². The maximum Gasteiger partial charge on any atom is 0.120 e. The summed E-state index contributed by atoms with van der Waals surface area (Å²) in [5.41, 5.74) is 2.85. The van der Waals surface area contributed by atoms with Crippen LogP contribution in [0, 0.1) is 0 Å². The van der Waals surface area contributed by atoms with Crippen LogP contribution in [-0.4, -0.2) is 13.7 Å². The van der Waals surface area contributed by atoms with E-state index in [1.807, 2.05) is 6.07 Å². The molecule has 2 rings (SSSR count). The van der Waals surface area contributed by atoms with Crippen molar-refractivity contribution in [3.63, 3.8) is 0 Å². The van der Waals surface area contributed by atoms with Crippen LogP contribution in [0.25, 0.3) is 0 Å². The molecule has 0 unspecified atom stereocenters. The number of hydrogen-bond donors (Lipinski definition) is 1. The van der Waals surface area contributed by atoms with Gasteiger partial charge in [-0.2, -0.15) is 0 Å². The first-order valence-electron chi connectivity index (χ1n) is 4.56. The van der Waals surface area contributed by atoms with E-state index in [-0.39, 0.29) is 5.41 Å². The third-order valence-corrected chi connectivity index (χ3v) is 2.68. The van der Waals surface area contributed by atoms with Crippen LogP contribution >= 0.6 is 0 Å². The highest BCUT2D eigenvalue weighted by Gasteiger charge is 2.29. The smallest absolute Gasteiger partial charge is 0.120 e. The Bertz CT molecular complexity index is 331. The predicted octanol–water partition coefficient (Wildman–Crippen LogP) is 2.40. The maximum atomic E-state index is 5.17. The molecule has 0 spiro atoms. The molecule has 0 atom stereocenters. The molecule has 1 aliphatic heterocycles. The molecular formula is C11H15NO. The zero-order valence-corrected chi connectivity index (χ0v) is 8.35. The summed E-state index contributed by atoms with van der Waals surface area (Å²) in [5.74, 6) is 0.920. The molecule has 0 aromatic heterocycles. The summed E-state index contributed by atoms with van der Waals surface area (Å²) in [6, 6.07) is 6.23. The van der Waals surface area contributed by atoms with Gasteiger partial charge < -0.3 is 10.1 Å². The molecule has 1 N–H and O–H groups in total. The molecule has 0 saturated carbocycles. The van der Waals surface area contributed by atoms with E-state index in [2.05, 4.69) is 31.3 Å². The van der Waals surface area contributed by atoms with Gasteiger partial charge in [-0.25, -0.2) is 0 Å². The summed E-state index contributed by atoms with van der Waals surface area (Å²) in [6.07, 6.45) is 0. The van der Waals surface area contributed by atoms with Crippen molar-refractivity contribution in [3.8, 4) is 5.75 Å². The van der Waals surface area contributed by atoms with Crippen molar-refractivity contribution in [2.75, 3.05) is 19.0 Å². The molecule has 0 fully saturated rings. The van der Waals surface area contributed by atoms with Crippen molar-refractivity contribution >= 4 is 5.69 Å². The molecule has 2 nitrogen and oxygen atoms in total. The molecule has 2 heteroatoms. The van der Waals surface area contributed by atoms with Crippen LogP contribution < -0.4 is 10.1 Å². The van der Waals surface area contributed by atoms with Crippen LogP contribution in [-0.2, 0) is 5.41 Å². The number of ether oxygens (including phenoxy) is 1. The Morgan fingerprint density at radius 2 is 2.15 bits per heavy atom. The number of methoxy groups -OCH3 is 1. The Morgan fingerprint density at radius 3 is 2.85 bits per heavy atom. The zero-order valence-electron chi connectivity index (χ0n) is 8.35. The number of anilines is 1. The molecule has 1 aromatic carbocycles. The lowest BCUT2D eigenvalue weighted by molar-refractivity contribution is 0.415. The topological polar surface area (TPSA) is 21.3 Å². The fourth-order valence-corrected chi connectivity index (χ4v) is 1.80. The molecular weight excluding hydrogens is 162 g/mol. The second-order valence-corrected chi connectivity index (χ2v) is 4.15. The highest BCUT2D eigenvalue weighted by molar-refractivity contribution is 5.62. The lowest BCUT2D eigenvalue weighted by Crippen LogP contribution is -2.18. The fraction of sp³-hybridized carbons (Fsp3) is 0.455. The van der Waals surface area contributed by atoms with Gasteiger partial charge in [0.25, 0.3) is 0 Å². The third kappa shape index (κ3) is 1.26. The fourth-order valence-electron chi connectivity index (χ4n) is 1.80.